The number of carbonyl (C=O) groups excluding carboxylic acids is 4. The Morgan fingerprint density at radius 1 is 1.07 bits per heavy atom. The van der Waals surface area contributed by atoms with Gasteiger partial charge in [-0.2, -0.15) is 0 Å². The molecule has 45 heavy (non-hydrogen) atoms. The SMILES string of the molecule is CCCC(C)N1CC=C[C@]23O[C@@H]4/C=C\CCC(=O)N[C@H](C)[C@@H](c5ccccc5)OC(=O)[C@@H]4[C@H]2C(=O)N([C@@H](CO)C(C)C)[C@@H]3C1=O. The van der Waals surface area contributed by atoms with Crippen molar-refractivity contribution in [1.29, 1.82) is 0 Å². The van der Waals surface area contributed by atoms with E-state index in [1.54, 1.807) is 30.1 Å². The summed E-state index contributed by atoms with van der Waals surface area (Å²) >= 11 is 0. The minimum Gasteiger partial charge on any atom is -0.455 e. The number of hydrogen-bond acceptors (Lipinski definition) is 7. The van der Waals surface area contributed by atoms with E-state index in [9.17, 15) is 24.3 Å². The van der Waals surface area contributed by atoms with Crippen LogP contribution in [-0.2, 0) is 28.7 Å². The molecule has 1 aromatic rings. The number of cyclic esters (lactones) is 1. The lowest BCUT2D eigenvalue weighted by Crippen LogP contribution is -2.60. The number of allylic oxidation sites excluding steroid dienone is 1. The van der Waals surface area contributed by atoms with Crippen molar-refractivity contribution in [3.8, 4) is 0 Å². The number of amides is 3. The lowest BCUT2D eigenvalue weighted by molar-refractivity contribution is -0.162. The zero-order chi connectivity index (χ0) is 32.5. The maximum Gasteiger partial charge on any atom is 0.313 e. The highest BCUT2D eigenvalue weighted by atomic mass is 16.6. The molecule has 5 rings (SSSR count). The fraction of sp³-hybridized carbons (Fsp3) is 0.600. The summed E-state index contributed by atoms with van der Waals surface area (Å²) in [5, 5.41) is 13.5. The van der Waals surface area contributed by atoms with Gasteiger partial charge in [-0.3, -0.25) is 19.2 Å². The Morgan fingerprint density at radius 2 is 1.80 bits per heavy atom. The van der Waals surface area contributed by atoms with Crippen molar-refractivity contribution < 1.29 is 33.8 Å². The predicted octanol–water partition coefficient (Wildman–Crippen LogP) is 3.31. The Kier molecular flexibility index (Phi) is 9.84. The first-order valence-corrected chi connectivity index (χ1v) is 16.4. The van der Waals surface area contributed by atoms with Crippen LogP contribution in [0.3, 0.4) is 0 Å². The molecule has 4 aliphatic rings. The Hall–Kier alpha value is -3.50. The number of fused-ring (bicyclic) bond motifs is 2. The number of benzene rings is 1. The van der Waals surface area contributed by atoms with Crippen molar-refractivity contribution in [2.24, 2.45) is 17.8 Å². The van der Waals surface area contributed by atoms with Gasteiger partial charge < -0.3 is 29.7 Å². The second-order valence-electron chi connectivity index (χ2n) is 13.2. The van der Waals surface area contributed by atoms with E-state index in [4.69, 9.17) is 9.47 Å². The molecule has 1 aromatic carbocycles. The fourth-order valence-electron chi connectivity index (χ4n) is 7.61. The number of likely N-dealkylation sites (tertiary alicyclic amines) is 1. The number of rotatable bonds is 7. The molecule has 3 amide bonds. The van der Waals surface area contributed by atoms with E-state index >= 15 is 0 Å². The number of esters is 1. The Bertz CT molecular complexity index is 1330. The first kappa shape index (κ1) is 32.9. The van der Waals surface area contributed by atoms with Gasteiger partial charge in [-0.1, -0.05) is 81.8 Å². The van der Waals surface area contributed by atoms with Crippen molar-refractivity contribution >= 4 is 23.7 Å². The monoisotopic (exact) mass is 621 g/mol. The largest absolute Gasteiger partial charge is 0.455 e. The number of aliphatic hydroxyl groups excluding tert-OH is 1. The molecule has 2 fully saturated rings. The molecule has 4 aliphatic heterocycles. The van der Waals surface area contributed by atoms with E-state index in [0.717, 1.165) is 12.8 Å². The molecule has 0 saturated carbocycles. The van der Waals surface area contributed by atoms with Crippen LogP contribution in [0.4, 0.5) is 0 Å². The first-order chi connectivity index (χ1) is 21.5. The van der Waals surface area contributed by atoms with Gasteiger partial charge in [0.25, 0.3) is 0 Å². The first-order valence-electron chi connectivity index (χ1n) is 16.4. The summed E-state index contributed by atoms with van der Waals surface area (Å²) in [5.74, 6) is -3.74. The normalized spacial score (nSPS) is 34.1. The van der Waals surface area contributed by atoms with Crippen molar-refractivity contribution in [2.45, 2.75) is 102 Å². The van der Waals surface area contributed by atoms with Gasteiger partial charge in [0.1, 0.15) is 23.7 Å². The average molecular weight is 622 g/mol. The second-order valence-corrected chi connectivity index (χ2v) is 13.2. The highest BCUT2D eigenvalue weighted by Gasteiger charge is 2.72. The standard InChI is InChI=1S/C35H47N3O7/c1-6-13-22(4)37-19-12-18-35-29(32(41)38(31(35)33(37)42)25(20-39)21(2)3)28-26(45-35)16-10-11-17-27(40)36-23(5)30(44-34(28)43)24-14-8-7-9-15-24/h7-10,12,14-16,18,21-23,25-26,28-31,39H,6,11,13,17,19-20H2,1-5H3,(H,36,40)/b16-10-/t22?,23-,25+,26-,28+,29+,30+,31-,35+/m1/s1. The molecule has 0 bridgehead atoms. The lowest BCUT2D eigenvalue weighted by atomic mass is 9.77. The summed E-state index contributed by atoms with van der Waals surface area (Å²) < 4.78 is 13.0. The van der Waals surface area contributed by atoms with E-state index in [1.165, 1.54) is 4.90 Å². The van der Waals surface area contributed by atoms with Gasteiger partial charge in [0.15, 0.2) is 0 Å². The third kappa shape index (κ3) is 5.94. The smallest absolute Gasteiger partial charge is 0.313 e. The molecule has 0 aromatic heterocycles. The highest BCUT2D eigenvalue weighted by molar-refractivity contribution is 5.99. The lowest BCUT2D eigenvalue weighted by Gasteiger charge is -2.41. The number of carbonyl (C=O) groups is 4. The summed E-state index contributed by atoms with van der Waals surface area (Å²) in [7, 11) is 0. The summed E-state index contributed by atoms with van der Waals surface area (Å²) in [4.78, 5) is 59.7. The number of aliphatic hydroxyl groups is 1. The predicted molar refractivity (Wildman–Crippen MR) is 167 cm³/mol. The molecule has 4 heterocycles. The number of nitrogens with one attached hydrogen (secondary N) is 1. The molecular weight excluding hydrogens is 574 g/mol. The molecule has 0 aliphatic carbocycles. The maximum atomic E-state index is 14.7. The van der Waals surface area contributed by atoms with Gasteiger partial charge in [0.2, 0.25) is 17.7 Å². The van der Waals surface area contributed by atoms with E-state index in [2.05, 4.69) is 12.2 Å². The van der Waals surface area contributed by atoms with E-state index in [-0.39, 0.29) is 36.8 Å². The van der Waals surface area contributed by atoms with Gasteiger partial charge in [-0.25, -0.2) is 0 Å². The van der Waals surface area contributed by atoms with Crippen LogP contribution in [0, 0.1) is 17.8 Å². The Labute approximate surface area is 265 Å². The average Bonchev–Trinajstić information content (AvgIpc) is 3.39. The van der Waals surface area contributed by atoms with Crippen LogP contribution in [0.15, 0.2) is 54.6 Å². The van der Waals surface area contributed by atoms with Crippen LogP contribution in [0.25, 0.3) is 0 Å². The minimum atomic E-state index is -1.45. The molecule has 9 atom stereocenters. The summed E-state index contributed by atoms with van der Waals surface area (Å²) in [6.07, 6.45) is 7.84. The van der Waals surface area contributed by atoms with Crippen molar-refractivity contribution in [2.75, 3.05) is 13.2 Å². The van der Waals surface area contributed by atoms with Crippen LogP contribution < -0.4 is 5.32 Å². The number of nitrogens with zero attached hydrogens (tertiary/aromatic N) is 2. The molecule has 10 heteroatoms. The number of ether oxygens (including phenoxy) is 2. The Morgan fingerprint density at radius 3 is 2.47 bits per heavy atom. The molecule has 2 saturated heterocycles. The van der Waals surface area contributed by atoms with E-state index in [0.29, 0.717) is 18.5 Å². The number of hydrogen-bond donors (Lipinski definition) is 2. The van der Waals surface area contributed by atoms with Crippen LogP contribution >= 0.6 is 0 Å². The third-order valence-electron chi connectivity index (χ3n) is 9.87. The molecule has 1 unspecified atom stereocenters. The third-order valence-corrected chi connectivity index (χ3v) is 9.87. The molecule has 2 N–H and O–H groups in total. The quantitative estimate of drug-likeness (QED) is 0.354. The Balaban J connectivity index is 1.63. The van der Waals surface area contributed by atoms with Crippen molar-refractivity contribution in [1.82, 2.24) is 15.1 Å². The zero-order valence-corrected chi connectivity index (χ0v) is 26.9. The summed E-state index contributed by atoms with van der Waals surface area (Å²) in [5.41, 5.74) is -0.739. The maximum absolute atomic E-state index is 14.7. The van der Waals surface area contributed by atoms with Crippen molar-refractivity contribution in [3.05, 3.63) is 60.2 Å². The highest BCUT2D eigenvalue weighted by Crippen LogP contribution is 2.54. The molecule has 1 spiro atoms. The van der Waals surface area contributed by atoms with E-state index in [1.807, 2.05) is 57.2 Å². The van der Waals surface area contributed by atoms with Gasteiger partial charge in [-0.05, 0) is 38.2 Å². The fourth-order valence-corrected chi connectivity index (χ4v) is 7.61. The van der Waals surface area contributed by atoms with Crippen LogP contribution in [-0.4, -0.2) is 87.6 Å². The van der Waals surface area contributed by atoms with Crippen LogP contribution in [0.2, 0.25) is 0 Å². The van der Waals surface area contributed by atoms with Gasteiger partial charge in [-0.15, -0.1) is 0 Å². The zero-order valence-electron chi connectivity index (χ0n) is 26.9. The topological polar surface area (TPSA) is 125 Å². The van der Waals surface area contributed by atoms with Crippen LogP contribution in [0.5, 0.6) is 0 Å². The van der Waals surface area contributed by atoms with E-state index < -0.39 is 59.6 Å². The molecule has 0 radical (unpaired) electrons. The molecule has 10 nitrogen and oxygen atoms in total. The second kappa shape index (κ2) is 13.5. The van der Waals surface area contributed by atoms with Gasteiger partial charge in [0, 0.05) is 19.0 Å². The molecule has 244 valence electrons. The van der Waals surface area contributed by atoms with Gasteiger partial charge in [0.05, 0.1) is 30.7 Å². The van der Waals surface area contributed by atoms with Gasteiger partial charge >= 0.3 is 5.97 Å². The summed E-state index contributed by atoms with van der Waals surface area (Å²) in [6, 6.07) is 6.86. The summed E-state index contributed by atoms with van der Waals surface area (Å²) in [6.45, 7) is 9.67. The van der Waals surface area contributed by atoms with Crippen LogP contribution in [0.1, 0.15) is 72.0 Å². The minimum absolute atomic E-state index is 0.0810. The molecular formula is C35H47N3O7. The van der Waals surface area contributed by atoms with Crippen molar-refractivity contribution in [3.63, 3.8) is 0 Å².